The van der Waals surface area contributed by atoms with Gasteiger partial charge in [-0.3, -0.25) is 0 Å². The van der Waals surface area contributed by atoms with Gasteiger partial charge in [0.1, 0.15) is 5.70 Å². The van der Waals surface area contributed by atoms with Crippen LogP contribution >= 0.6 is 22.6 Å². The second-order valence-corrected chi connectivity index (χ2v) is 4.97. The molecular weight excluding hydrogens is 390 g/mol. The summed E-state index contributed by atoms with van der Waals surface area (Å²) in [6.45, 7) is -0.0599. The quantitative estimate of drug-likeness (QED) is 0.525. The third-order valence-electron chi connectivity index (χ3n) is 2.28. The van der Waals surface area contributed by atoms with Crippen molar-refractivity contribution in [3.8, 4) is 0 Å². The van der Waals surface area contributed by atoms with E-state index in [1.807, 2.05) is 22.6 Å². The maximum Gasteiger partial charge on any atom is 0.431 e. The molecule has 0 atom stereocenters. The van der Waals surface area contributed by atoms with Crippen molar-refractivity contribution in [2.45, 2.75) is 12.6 Å². The highest BCUT2D eigenvalue weighted by molar-refractivity contribution is 14.1. The van der Waals surface area contributed by atoms with Gasteiger partial charge in [-0.05, 0) is 46.7 Å². The summed E-state index contributed by atoms with van der Waals surface area (Å²) in [4.78, 5) is 10.4. The molecule has 0 unspecified atom stereocenters. The Balaban J connectivity index is 3.03. The van der Waals surface area contributed by atoms with Gasteiger partial charge in [0.25, 0.3) is 0 Å². The van der Waals surface area contributed by atoms with Gasteiger partial charge in [0, 0.05) is 10.2 Å². The van der Waals surface area contributed by atoms with E-state index in [0.29, 0.717) is 9.99 Å². The van der Waals surface area contributed by atoms with E-state index in [4.69, 9.17) is 10.2 Å². The molecule has 20 heavy (non-hydrogen) atoms. The second-order valence-electron chi connectivity index (χ2n) is 3.81. The Labute approximate surface area is 126 Å². The SMILES string of the molecule is O=C(O)/C=C(/Nc1ccc(CCO)cc1I)C(F)(F)F. The molecule has 8 heteroatoms. The highest BCUT2D eigenvalue weighted by atomic mass is 127. The molecular formula is C12H11F3INO3. The van der Waals surface area contributed by atoms with Gasteiger partial charge in [-0.15, -0.1) is 0 Å². The maximum absolute atomic E-state index is 12.7. The van der Waals surface area contributed by atoms with E-state index in [2.05, 4.69) is 5.32 Å². The summed E-state index contributed by atoms with van der Waals surface area (Å²) in [5, 5.41) is 19.3. The van der Waals surface area contributed by atoms with Gasteiger partial charge >= 0.3 is 12.1 Å². The molecule has 0 amide bonds. The third-order valence-corrected chi connectivity index (χ3v) is 3.17. The smallest absolute Gasteiger partial charge is 0.431 e. The molecule has 0 radical (unpaired) electrons. The lowest BCUT2D eigenvalue weighted by atomic mass is 10.1. The zero-order valence-corrected chi connectivity index (χ0v) is 12.2. The van der Waals surface area contributed by atoms with Crippen molar-refractivity contribution in [1.29, 1.82) is 0 Å². The number of hydrogen-bond acceptors (Lipinski definition) is 3. The van der Waals surface area contributed by atoms with Gasteiger partial charge in [0.05, 0.1) is 11.8 Å². The number of halogens is 4. The summed E-state index contributed by atoms with van der Waals surface area (Å²) >= 11 is 1.83. The zero-order valence-electron chi connectivity index (χ0n) is 10.0. The van der Waals surface area contributed by atoms with Gasteiger partial charge < -0.3 is 15.5 Å². The van der Waals surface area contributed by atoms with Crippen LogP contribution in [0.5, 0.6) is 0 Å². The van der Waals surface area contributed by atoms with Crippen LogP contribution in [0.2, 0.25) is 0 Å². The molecule has 1 aromatic rings. The van der Waals surface area contributed by atoms with E-state index >= 15 is 0 Å². The number of hydrogen-bond donors (Lipinski definition) is 3. The Bertz CT molecular complexity index is 529. The number of nitrogens with one attached hydrogen (secondary N) is 1. The number of benzene rings is 1. The van der Waals surface area contributed by atoms with E-state index in [0.717, 1.165) is 5.56 Å². The van der Waals surface area contributed by atoms with Crippen molar-refractivity contribution in [2.24, 2.45) is 0 Å². The van der Waals surface area contributed by atoms with Crippen LogP contribution < -0.4 is 5.32 Å². The van der Waals surface area contributed by atoms with Crippen LogP contribution in [0.4, 0.5) is 18.9 Å². The van der Waals surface area contributed by atoms with E-state index in [1.54, 1.807) is 12.1 Å². The molecule has 0 bridgehead atoms. The number of carbonyl (C=O) groups is 1. The molecule has 0 saturated heterocycles. The molecule has 0 spiro atoms. The molecule has 0 aliphatic heterocycles. The fraction of sp³-hybridized carbons (Fsp3) is 0.250. The second kappa shape index (κ2) is 6.93. The predicted octanol–water partition coefficient (Wildman–Crippen LogP) is 2.77. The lowest BCUT2D eigenvalue weighted by Crippen LogP contribution is -2.21. The highest BCUT2D eigenvalue weighted by Crippen LogP contribution is 2.29. The number of carboxylic acids is 1. The normalized spacial score (nSPS) is 12.3. The first-order valence-corrected chi connectivity index (χ1v) is 6.50. The standard InChI is InChI=1S/C12H11F3INO3/c13-12(14,15)10(6-11(19)20)17-9-2-1-7(3-4-18)5-8(9)16/h1-2,5-6,17-18H,3-4H2,(H,19,20)/b10-6+. The summed E-state index contributed by atoms with van der Waals surface area (Å²) in [7, 11) is 0. The molecule has 0 saturated carbocycles. The fourth-order valence-electron chi connectivity index (χ4n) is 1.40. The van der Waals surface area contributed by atoms with E-state index in [1.165, 1.54) is 6.07 Å². The first-order chi connectivity index (χ1) is 9.24. The molecule has 0 fully saturated rings. The minimum Gasteiger partial charge on any atom is -0.478 e. The number of aliphatic hydroxyl groups excluding tert-OH is 1. The Morgan fingerprint density at radius 3 is 2.50 bits per heavy atom. The molecule has 1 aromatic carbocycles. The molecule has 4 nitrogen and oxygen atoms in total. The lowest BCUT2D eigenvalue weighted by molar-refractivity contribution is -0.132. The summed E-state index contributed by atoms with van der Waals surface area (Å²) in [5.74, 6) is -1.68. The Kier molecular flexibility index (Phi) is 5.81. The average molecular weight is 401 g/mol. The summed E-state index contributed by atoms with van der Waals surface area (Å²) in [5.41, 5.74) is -0.423. The number of rotatable bonds is 5. The van der Waals surface area contributed by atoms with Gasteiger partial charge in [0.2, 0.25) is 0 Å². The number of aliphatic carboxylic acids is 1. The number of anilines is 1. The van der Waals surface area contributed by atoms with Crippen molar-refractivity contribution in [3.05, 3.63) is 39.1 Å². The van der Waals surface area contributed by atoms with Crippen molar-refractivity contribution >= 4 is 34.2 Å². The topological polar surface area (TPSA) is 69.6 Å². The van der Waals surface area contributed by atoms with Crippen molar-refractivity contribution in [2.75, 3.05) is 11.9 Å². The van der Waals surface area contributed by atoms with Gasteiger partial charge in [0.15, 0.2) is 0 Å². The Hall–Kier alpha value is -1.29. The van der Waals surface area contributed by atoms with Crippen LogP contribution in [0, 0.1) is 3.57 Å². The molecule has 0 aliphatic carbocycles. The molecule has 3 N–H and O–H groups in total. The van der Waals surface area contributed by atoms with Crippen LogP contribution in [0.25, 0.3) is 0 Å². The molecule has 1 rings (SSSR count). The predicted molar refractivity (Wildman–Crippen MR) is 75.3 cm³/mol. The monoisotopic (exact) mass is 401 g/mol. The van der Waals surface area contributed by atoms with Crippen molar-refractivity contribution < 1.29 is 28.2 Å². The minimum atomic E-state index is -4.79. The maximum atomic E-state index is 12.7. The Morgan fingerprint density at radius 1 is 1.40 bits per heavy atom. The summed E-state index contributed by atoms with van der Waals surface area (Å²) in [6, 6.07) is 4.59. The van der Waals surface area contributed by atoms with E-state index < -0.39 is 17.8 Å². The first kappa shape index (κ1) is 16.8. The number of allylic oxidation sites excluding steroid dienone is 1. The Morgan fingerprint density at radius 2 is 2.05 bits per heavy atom. The summed E-state index contributed by atoms with van der Waals surface area (Å²) < 4.78 is 38.5. The zero-order chi connectivity index (χ0) is 15.3. The molecule has 0 heterocycles. The van der Waals surface area contributed by atoms with Gasteiger partial charge in [-0.25, -0.2) is 4.79 Å². The fourth-order valence-corrected chi connectivity index (χ4v) is 2.12. The van der Waals surface area contributed by atoms with Crippen molar-refractivity contribution in [3.63, 3.8) is 0 Å². The average Bonchev–Trinajstić information content (AvgIpc) is 2.30. The largest absolute Gasteiger partial charge is 0.478 e. The highest BCUT2D eigenvalue weighted by Gasteiger charge is 2.35. The number of alkyl halides is 3. The van der Waals surface area contributed by atoms with Gasteiger partial charge in [-0.1, -0.05) is 6.07 Å². The van der Waals surface area contributed by atoms with Crippen LogP contribution in [0.15, 0.2) is 30.0 Å². The molecule has 0 aliphatic rings. The van der Waals surface area contributed by atoms with Crippen LogP contribution in [0.1, 0.15) is 5.56 Å². The van der Waals surface area contributed by atoms with Crippen molar-refractivity contribution in [1.82, 2.24) is 0 Å². The third kappa shape index (κ3) is 5.00. The van der Waals surface area contributed by atoms with Crippen LogP contribution in [-0.2, 0) is 11.2 Å². The minimum absolute atomic E-state index is 0.0599. The van der Waals surface area contributed by atoms with E-state index in [-0.39, 0.29) is 18.4 Å². The molecule has 0 aromatic heterocycles. The first-order valence-electron chi connectivity index (χ1n) is 5.42. The van der Waals surface area contributed by atoms with E-state index in [9.17, 15) is 18.0 Å². The number of aliphatic hydroxyl groups is 1. The van der Waals surface area contributed by atoms with Crippen LogP contribution in [0.3, 0.4) is 0 Å². The summed E-state index contributed by atoms with van der Waals surface area (Å²) in [6.07, 6.45) is -4.31. The van der Waals surface area contributed by atoms with Crippen LogP contribution in [-0.4, -0.2) is 29.0 Å². The van der Waals surface area contributed by atoms with Gasteiger partial charge in [-0.2, -0.15) is 13.2 Å². The molecule has 110 valence electrons. The number of carboxylic acid groups (broad SMARTS) is 1. The lowest BCUT2D eigenvalue weighted by Gasteiger charge is -2.15.